The van der Waals surface area contributed by atoms with E-state index in [9.17, 15) is 10.2 Å². The molecule has 0 bridgehead atoms. The van der Waals surface area contributed by atoms with Gasteiger partial charge in [0.15, 0.2) is 0 Å². The molecule has 0 aromatic heterocycles. The van der Waals surface area contributed by atoms with Crippen molar-refractivity contribution in [3.05, 3.63) is 0 Å². The summed E-state index contributed by atoms with van der Waals surface area (Å²) < 4.78 is 1.13. The molecule has 2 heterocycles. The highest BCUT2D eigenvalue weighted by Crippen LogP contribution is 2.67. The highest BCUT2D eigenvalue weighted by molar-refractivity contribution is 5.13. The maximum atomic E-state index is 11.8. The normalized spacial score (nSPS) is 52.0. The molecule has 6 rings (SSSR count). The van der Waals surface area contributed by atoms with Crippen molar-refractivity contribution in [2.24, 2.45) is 34.5 Å². The summed E-state index contributed by atoms with van der Waals surface area (Å²) in [6, 6.07) is 0.835. The zero-order valence-electron chi connectivity index (χ0n) is 22.8. The van der Waals surface area contributed by atoms with Gasteiger partial charge in [-0.2, -0.15) is 0 Å². The summed E-state index contributed by atoms with van der Waals surface area (Å²) in [5, 5.41) is 23.1. The number of halogens is 1. The van der Waals surface area contributed by atoms with Gasteiger partial charge in [0.1, 0.15) is 12.1 Å². The minimum atomic E-state index is -0.124. The third-order valence-electron chi connectivity index (χ3n) is 13.2. The lowest BCUT2D eigenvalue weighted by atomic mass is 9.44. The third kappa shape index (κ3) is 4.21. The summed E-state index contributed by atoms with van der Waals surface area (Å²) in [4.78, 5) is 2.67. The number of aliphatic hydroxyl groups excluding tert-OH is 2. The molecule has 202 valence electrons. The highest BCUT2D eigenvalue weighted by atomic mass is 79.9. The molecule has 2 saturated heterocycles. The van der Waals surface area contributed by atoms with E-state index in [0.29, 0.717) is 29.3 Å². The Hall–Kier alpha value is 0.320. The van der Waals surface area contributed by atoms with Crippen LogP contribution in [0, 0.1) is 34.5 Å². The van der Waals surface area contributed by atoms with Gasteiger partial charge in [-0.3, -0.25) is 4.90 Å². The number of nitrogens with zero attached hydrogens (tertiary/aromatic N) is 2. The van der Waals surface area contributed by atoms with E-state index in [1.165, 1.54) is 103 Å². The van der Waals surface area contributed by atoms with Crippen LogP contribution in [0.4, 0.5) is 0 Å². The average Bonchev–Trinajstić information content (AvgIpc) is 3.12. The van der Waals surface area contributed by atoms with Crippen molar-refractivity contribution in [2.45, 2.75) is 122 Å². The van der Waals surface area contributed by atoms with E-state index < -0.39 is 0 Å². The molecule has 0 aromatic rings. The Morgan fingerprint density at radius 3 is 2.20 bits per heavy atom. The number of aliphatic hydroxyl groups is 2. The molecular formula is C30H53BrN2O2. The third-order valence-corrected chi connectivity index (χ3v) is 13.2. The molecule has 0 amide bonds. The first-order valence-corrected chi connectivity index (χ1v) is 15.2. The first-order chi connectivity index (χ1) is 16.3. The van der Waals surface area contributed by atoms with E-state index in [4.69, 9.17) is 0 Å². The Bertz CT molecular complexity index is 753. The van der Waals surface area contributed by atoms with Crippen LogP contribution in [-0.4, -0.2) is 77.1 Å². The van der Waals surface area contributed by atoms with Gasteiger partial charge >= 0.3 is 0 Å². The van der Waals surface area contributed by atoms with Crippen LogP contribution in [-0.2, 0) is 0 Å². The smallest absolute Gasteiger partial charge is 0.116 e. The van der Waals surface area contributed by atoms with Crippen LogP contribution in [0.5, 0.6) is 0 Å². The van der Waals surface area contributed by atoms with Crippen molar-refractivity contribution in [3.63, 3.8) is 0 Å². The summed E-state index contributed by atoms with van der Waals surface area (Å²) >= 11 is 0. The standard InChI is InChI=1S/C30H53N2O2.BrH/c1-29-13-12-23-22(24(29)19-26(28(29)34)32(3)16-8-5-9-17-32)11-10-21-18-27(33)25(20-30(21,23)2)31-14-6-4-7-15-31;/h21-28,33-34H,4-20H2,1-3H3;1H/q+1;/p-1/t21?,22-,23-,24+,25?,26?,27?,28?,29+,30+;/m1./s1. The second-order valence-corrected chi connectivity index (χ2v) is 14.6. The molecule has 10 atom stereocenters. The van der Waals surface area contributed by atoms with Crippen LogP contribution in [0.15, 0.2) is 0 Å². The average molecular weight is 554 g/mol. The molecule has 6 aliphatic rings. The Morgan fingerprint density at radius 1 is 0.800 bits per heavy atom. The van der Waals surface area contributed by atoms with Gasteiger partial charge in [0.25, 0.3) is 0 Å². The van der Waals surface area contributed by atoms with Gasteiger partial charge in [-0.15, -0.1) is 0 Å². The molecule has 35 heavy (non-hydrogen) atoms. The molecule has 4 nitrogen and oxygen atoms in total. The topological polar surface area (TPSA) is 43.7 Å². The maximum Gasteiger partial charge on any atom is 0.116 e. The van der Waals surface area contributed by atoms with Crippen molar-refractivity contribution in [3.8, 4) is 0 Å². The molecule has 2 N–H and O–H groups in total. The van der Waals surface area contributed by atoms with Crippen LogP contribution in [0.3, 0.4) is 0 Å². The molecule has 0 radical (unpaired) electrons. The fourth-order valence-corrected chi connectivity index (χ4v) is 11.0. The van der Waals surface area contributed by atoms with Gasteiger partial charge in [-0.25, -0.2) is 0 Å². The first kappa shape index (κ1) is 26.9. The lowest BCUT2D eigenvalue weighted by molar-refractivity contribution is -0.940. The van der Waals surface area contributed by atoms with Crippen molar-refractivity contribution in [1.29, 1.82) is 0 Å². The Balaban J connectivity index is 0.00000253. The lowest BCUT2D eigenvalue weighted by Crippen LogP contribution is -3.00. The minimum absolute atomic E-state index is 0. The number of piperidine rings is 2. The van der Waals surface area contributed by atoms with Crippen molar-refractivity contribution >= 4 is 0 Å². The molecule has 4 saturated carbocycles. The van der Waals surface area contributed by atoms with Crippen LogP contribution in [0.25, 0.3) is 0 Å². The fraction of sp³-hybridized carbons (Fsp3) is 1.00. The SMILES string of the molecule is C[C@]12CC(N3CCCCC3)C(O)CC1CC[C@@H]1[C@H]2CC[C@]2(C)C(O)C([N+]3(C)CCCCC3)C[C@@H]12.[Br-]. The monoisotopic (exact) mass is 552 g/mol. The minimum Gasteiger partial charge on any atom is -1.00 e. The number of rotatable bonds is 2. The summed E-state index contributed by atoms with van der Waals surface area (Å²) in [5.41, 5.74) is 0.492. The van der Waals surface area contributed by atoms with E-state index in [0.717, 1.165) is 22.7 Å². The number of fused-ring (bicyclic) bond motifs is 5. The molecule has 0 spiro atoms. The van der Waals surface area contributed by atoms with Crippen LogP contribution >= 0.6 is 0 Å². The summed E-state index contributed by atoms with van der Waals surface area (Å²) in [7, 11) is 2.47. The van der Waals surface area contributed by atoms with Crippen molar-refractivity contribution < 1.29 is 31.7 Å². The number of hydrogen-bond acceptors (Lipinski definition) is 3. The second-order valence-electron chi connectivity index (χ2n) is 14.6. The Labute approximate surface area is 225 Å². The van der Waals surface area contributed by atoms with Crippen LogP contribution < -0.4 is 17.0 Å². The van der Waals surface area contributed by atoms with Gasteiger partial charge in [0.2, 0.25) is 0 Å². The van der Waals surface area contributed by atoms with E-state index in [1.54, 1.807) is 0 Å². The first-order valence-electron chi connectivity index (χ1n) is 15.2. The van der Waals surface area contributed by atoms with Gasteiger partial charge in [-0.1, -0.05) is 20.3 Å². The van der Waals surface area contributed by atoms with Crippen LogP contribution in [0.2, 0.25) is 0 Å². The number of hydrogen-bond donors (Lipinski definition) is 2. The predicted molar refractivity (Wildman–Crippen MR) is 137 cm³/mol. The number of quaternary nitrogens is 1. The molecule has 0 aromatic carbocycles. The maximum absolute atomic E-state index is 11.8. The number of likely N-dealkylation sites (N-methyl/N-ethyl adjacent to an activating group) is 1. The van der Waals surface area contributed by atoms with Crippen molar-refractivity contribution in [2.75, 3.05) is 33.2 Å². The Morgan fingerprint density at radius 2 is 1.49 bits per heavy atom. The zero-order chi connectivity index (χ0) is 23.7. The van der Waals surface area contributed by atoms with E-state index >= 15 is 0 Å². The predicted octanol–water partition coefficient (Wildman–Crippen LogP) is 1.83. The molecule has 2 aliphatic heterocycles. The van der Waals surface area contributed by atoms with Crippen LogP contribution in [0.1, 0.15) is 97.3 Å². The fourth-order valence-electron chi connectivity index (χ4n) is 11.0. The molecule has 5 heteroatoms. The van der Waals surface area contributed by atoms with E-state index in [2.05, 4.69) is 25.8 Å². The second kappa shape index (κ2) is 9.81. The molecule has 6 fully saturated rings. The van der Waals surface area contributed by atoms with E-state index in [1.807, 2.05) is 0 Å². The van der Waals surface area contributed by atoms with E-state index in [-0.39, 0.29) is 34.6 Å². The summed E-state index contributed by atoms with van der Waals surface area (Å²) in [6.07, 6.45) is 16.5. The summed E-state index contributed by atoms with van der Waals surface area (Å²) in [5.74, 6) is 2.97. The van der Waals surface area contributed by atoms with Gasteiger partial charge in [0.05, 0.1) is 26.2 Å². The Kier molecular flexibility index (Phi) is 7.54. The largest absolute Gasteiger partial charge is 1.00 e. The molecule has 4 aliphatic carbocycles. The quantitative estimate of drug-likeness (QED) is 0.513. The van der Waals surface area contributed by atoms with Gasteiger partial charge in [0, 0.05) is 17.9 Å². The highest BCUT2D eigenvalue weighted by Gasteiger charge is 2.65. The van der Waals surface area contributed by atoms with Gasteiger partial charge in [-0.05, 0) is 113 Å². The zero-order valence-corrected chi connectivity index (χ0v) is 24.4. The van der Waals surface area contributed by atoms with Gasteiger partial charge < -0.3 is 31.7 Å². The lowest BCUT2D eigenvalue weighted by Gasteiger charge is -2.62. The summed E-state index contributed by atoms with van der Waals surface area (Å²) in [6.45, 7) is 10.1. The number of likely N-dealkylation sites (tertiary alicyclic amines) is 2. The van der Waals surface area contributed by atoms with Crippen molar-refractivity contribution in [1.82, 2.24) is 4.90 Å². The molecule has 5 unspecified atom stereocenters. The molecular weight excluding hydrogens is 500 g/mol.